The number of pyridine rings is 1. The van der Waals surface area contributed by atoms with Crippen LogP contribution >= 0.6 is 0 Å². The van der Waals surface area contributed by atoms with Crippen molar-refractivity contribution in [1.82, 2.24) is 20.0 Å². The molecule has 2 rings (SSSR count). The van der Waals surface area contributed by atoms with Crippen molar-refractivity contribution in [1.29, 1.82) is 0 Å². The first-order chi connectivity index (χ1) is 9.88. The van der Waals surface area contributed by atoms with Crippen molar-refractivity contribution in [3.05, 3.63) is 18.1 Å². The zero-order chi connectivity index (χ0) is 15.6. The van der Waals surface area contributed by atoms with E-state index in [0.29, 0.717) is 0 Å². The first-order valence-electron chi connectivity index (χ1n) is 5.72. The molecule has 0 saturated heterocycles. The lowest BCUT2D eigenvalue weighted by Gasteiger charge is -2.06. The molecule has 0 aromatic carbocycles. The molecule has 21 heavy (non-hydrogen) atoms. The Morgan fingerprint density at radius 3 is 2.62 bits per heavy atom. The summed E-state index contributed by atoms with van der Waals surface area (Å²) in [4.78, 5) is 25.3. The van der Waals surface area contributed by atoms with Crippen LogP contribution in [0.2, 0.25) is 0 Å². The SMILES string of the molecule is CC(=O)Nc1ccc(-c2nnn(C)c2NC(=O)O)nc1F. The largest absolute Gasteiger partial charge is 0.465 e. The first kappa shape index (κ1) is 14.4. The molecule has 0 aliphatic heterocycles. The minimum absolute atomic E-state index is 0.0571. The molecule has 2 aromatic rings. The van der Waals surface area contributed by atoms with E-state index in [1.165, 1.54) is 30.8 Å². The maximum atomic E-state index is 13.8. The van der Waals surface area contributed by atoms with Crippen molar-refractivity contribution in [3.8, 4) is 11.4 Å². The lowest BCUT2D eigenvalue weighted by atomic mass is 10.2. The summed E-state index contributed by atoms with van der Waals surface area (Å²) >= 11 is 0. The second kappa shape index (κ2) is 5.53. The molecule has 0 aliphatic rings. The van der Waals surface area contributed by atoms with Crippen molar-refractivity contribution in [3.63, 3.8) is 0 Å². The predicted octanol–water partition coefficient (Wildman–Crippen LogP) is 1.06. The highest BCUT2D eigenvalue weighted by molar-refractivity contribution is 5.89. The molecule has 2 aromatic heterocycles. The Labute approximate surface area is 117 Å². The van der Waals surface area contributed by atoms with Crippen LogP contribution in [0.25, 0.3) is 11.4 Å². The van der Waals surface area contributed by atoms with E-state index < -0.39 is 17.9 Å². The van der Waals surface area contributed by atoms with Gasteiger partial charge in [-0.3, -0.25) is 10.1 Å². The van der Waals surface area contributed by atoms with Gasteiger partial charge >= 0.3 is 6.09 Å². The van der Waals surface area contributed by atoms with Gasteiger partial charge in [0.1, 0.15) is 0 Å². The Kier molecular flexibility index (Phi) is 3.78. The molecule has 0 unspecified atom stereocenters. The lowest BCUT2D eigenvalue weighted by molar-refractivity contribution is -0.114. The van der Waals surface area contributed by atoms with Gasteiger partial charge in [-0.1, -0.05) is 5.21 Å². The quantitative estimate of drug-likeness (QED) is 0.728. The third kappa shape index (κ3) is 3.11. The van der Waals surface area contributed by atoms with Crippen LogP contribution in [0.5, 0.6) is 0 Å². The average Bonchev–Trinajstić information content (AvgIpc) is 2.73. The topological polar surface area (TPSA) is 122 Å². The number of rotatable bonds is 3. The third-order valence-corrected chi connectivity index (χ3v) is 2.45. The number of aryl methyl sites for hydroxylation is 1. The number of hydrogen-bond acceptors (Lipinski definition) is 5. The summed E-state index contributed by atoms with van der Waals surface area (Å²) < 4.78 is 15.0. The normalized spacial score (nSPS) is 10.2. The van der Waals surface area contributed by atoms with Crippen LogP contribution in [-0.2, 0) is 11.8 Å². The second-order valence-electron chi connectivity index (χ2n) is 4.06. The van der Waals surface area contributed by atoms with Crippen LogP contribution in [0, 0.1) is 5.95 Å². The highest BCUT2D eigenvalue weighted by atomic mass is 19.1. The van der Waals surface area contributed by atoms with Gasteiger partial charge in [-0.15, -0.1) is 5.10 Å². The molecular weight excluding hydrogens is 283 g/mol. The number of carbonyl (C=O) groups excluding carboxylic acids is 1. The van der Waals surface area contributed by atoms with Crippen LogP contribution < -0.4 is 10.6 Å². The number of carbonyl (C=O) groups is 2. The molecule has 9 nitrogen and oxygen atoms in total. The second-order valence-corrected chi connectivity index (χ2v) is 4.06. The molecule has 2 heterocycles. The lowest BCUT2D eigenvalue weighted by Crippen LogP contribution is -2.12. The smallest absolute Gasteiger partial charge is 0.410 e. The van der Waals surface area contributed by atoms with Gasteiger partial charge in [0.2, 0.25) is 11.9 Å². The van der Waals surface area contributed by atoms with Crippen molar-refractivity contribution in [2.75, 3.05) is 10.6 Å². The van der Waals surface area contributed by atoms with Crippen LogP contribution in [0.3, 0.4) is 0 Å². The van der Waals surface area contributed by atoms with Gasteiger partial charge < -0.3 is 10.4 Å². The minimum atomic E-state index is -1.31. The number of aromatic nitrogens is 4. The number of nitrogens with zero attached hydrogens (tertiary/aromatic N) is 4. The molecule has 0 radical (unpaired) electrons. The fourth-order valence-electron chi connectivity index (χ4n) is 1.62. The van der Waals surface area contributed by atoms with Gasteiger partial charge in [0.15, 0.2) is 11.5 Å². The summed E-state index contributed by atoms with van der Waals surface area (Å²) in [5, 5.41) is 20.5. The van der Waals surface area contributed by atoms with Crippen molar-refractivity contribution >= 4 is 23.5 Å². The van der Waals surface area contributed by atoms with Crippen molar-refractivity contribution in [2.45, 2.75) is 6.92 Å². The zero-order valence-electron chi connectivity index (χ0n) is 11.1. The molecule has 0 aliphatic carbocycles. The molecular formula is C11H11FN6O3. The predicted molar refractivity (Wildman–Crippen MR) is 70.1 cm³/mol. The van der Waals surface area contributed by atoms with Crippen molar-refractivity contribution < 1.29 is 19.1 Å². The van der Waals surface area contributed by atoms with Gasteiger partial charge in [-0.05, 0) is 12.1 Å². The molecule has 2 amide bonds. The van der Waals surface area contributed by atoms with E-state index in [1.807, 2.05) is 0 Å². The van der Waals surface area contributed by atoms with E-state index in [2.05, 4.69) is 25.9 Å². The number of amides is 2. The highest BCUT2D eigenvalue weighted by Gasteiger charge is 2.17. The average molecular weight is 294 g/mol. The molecule has 0 bridgehead atoms. The van der Waals surface area contributed by atoms with E-state index in [1.54, 1.807) is 0 Å². The molecule has 0 spiro atoms. The highest BCUT2D eigenvalue weighted by Crippen LogP contribution is 2.25. The van der Waals surface area contributed by atoms with Crippen LogP contribution in [0.1, 0.15) is 6.92 Å². The van der Waals surface area contributed by atoms with Gasteiger partial charge in [-0.2, -0.15) is 4.39 Å². The standard InChI is InChI=1S/C11H11FN6O3/c1-5(19)13-7-4-3-6(14-9(7)12)8-10(15-11(20)21)18(2)17-16-8/h3-4,15H,1-2H3,(H,13,19)(H,20,21). The van der Waals surface area contributed by atoms with E-state index in [9.17, 15) is 14.0 Å². The molecule has 110 valence electrons. The summed E-state index contributed by atoms with van der Waals surface area (Å²) in [6, 6.07) is 2.70. The molecule has 0 fully saturated rings. The fourth-order valence-corrected chi connectivity index (χ4v) is 1.62. The first-order valence-corrected chi connectivity index (χ1v) is 5.72. The third-order valence-electron chi connectivity index (χ3n) is 2.45. The fraction of sp³-hybridized carbons (Fsp3) is 0.182. The summed E-state index contributed by atoms with van der Waals surface area (Å²) in [6.07, 6.45) is -1.31. The van der Waals surface area contributed by atoms with Crippen molar-refractivity contribution in [2.24, 2.45) is 7.05 Å². The van der Waals surface area contributed by atoms with Crippen LogP contribution in [-0.4, -0.2) is 37.1 Å². The van der Waals surface area contributed by atoms with Gasteiger partial charge in [0.25, 0.3) is 0 Å². The maximum Gasteiger partial charge on any atom is 0.410 e. The van der Waals surface area contributed by atoms with E-state index in [0.717, 1.165) is 0 Å². The molecule has 10 heteroatoms. The summed E-state index contributed by atoms with van der Waals surface area (Å²) in [5.74, 6) is -1.28. The number of halogens is 1. The van der Waals surface area contributed by atoms with E-state index >= 15 is 0 Å². The molecule has 0 saturated carbocycles. The Hall–Kier alpha value is -3.04. The Morgan fingerprint density at radius 1 is 1.33 bits per heavy atom. The monoisotopic (exact) mass is 294 g/mol. The van der Waals surface area contributed by atoms with E-state index in [4.69, 9.17) is 5.11 Å². The number of nitrogens with one attached hydrogen (secondary N) is 2. The summed E-state index contributed by atoms with van der Waals surface area (Å²) in [6.45, 7) is 1.24. The number of hydrogen-bond donors (Lipinski definition) is 3. The van der Waals surface area contributed by atoms with Crippen LogP contribution in [0.15, 0.2) is 12.1 Å². The summed E-state index contributed by atoms with van der Waals surface area (Å²) in [5.41, 5.74) is 0.0783. The maximum absolute atomic E-state index is 13.8. The Bertz CT molecular complexity index is 714. The zero-order valence-corrected chi connectivity index (χ0v) is 11.1. The van der Waals surface area contributed by atoms with Crippen LogP contribution in [0.4, 0.5) is 20.7 Å². The summed E-state index contributed by atoms with van der Waals surface area (Å²) in [7, 11) is 1.48. The molecule has 3 N–H and O–H groups in total. The number of carboxylic acid groups (broad SMARTS) is 1. The van der Waals surface area contributed by atoms with Gasteiger partial charge in [0.05, 0.1) is 11.4 Å². The van der Waals surface area contributed by atoms with E-state index in [-0.39, 0.29) is 22.9 Å². The minimum Gasteiger partial charge on any atom is -0.465 e. The Balaban J connectivity index is 2.41. The van der Waals surface area contributed by atoms with Gasteiger partial charge in [0, 0.05) is 14.0 Å². The van der Waals surface area contributed by atoms with Gasteiger partial charge in [-0.25, -0.2) is 14.5 Å². The number of anilines is 2. The molecule has 0 atom stereocenters. The Morgan fingerprint density at radius 2 is 2.05 bits per heavy atom.